The van der Waals surface area contributed by atoms with Gasteiger partial charge in [0.05, 0.1) is 6.61 Å². The lowest BCUT2D eigenvalue weighted by Gasteiger charge is -2.08. The highest BCUT2D eigenvalue weighted by molar-refractivity contribution is 5.82. The Hall–Kier alpha value is -2.23. The van der Waals surface area contributed by atoms with Crippen molar-refractivity contribution in [1.29, 1.82) is 0 Å². The van der Waals surface area contributed by atoms with Crippen molar-refractivity contribution in [3.8, 4) is 5.75 Å². The fourth-order valence-corrected chi connectivity index (χ4v) is 2.94. The second-order valence-corrected chi connectivity index (χ2v) is 7.08. The van der Waals surface area contributed by atoms with Gasteiger partial charge in [-0.1, -0.05) is 70.2 Å². The second-order valence-electron chi connectivity index (χ2n) is 7.08. The van der Waals surface area contributed by atoms with Gasteiger partial charge >= 0.3 is 0 Å². The Kier molecular flexibility index (Phi) is 9.67. The summed E-state index contributed by atoms with van der Waals surface area (Å²) in [7, 11) is 0. The van der Waals surface area contributed by atoms with Crippen LogP contribution < -0.4 is 4.74 Å². The normalized spacial score (nSPS) is 11.3. The highest BCUT2D eigenvalue weighted by Gasteiger charge is 2.13. The van der Waals surface area contributed by atoms with E-state index in [1.165, 1.54) is 43.4 Å². The topological polar surface area (TPSA) is 21.6 Å². The molecule has 0 spiro atoms. The van der Waals surface area contributed by atoms with Gasteiger partial charge < -0.3 is 4.74 Å². The van der Waals surface area contributed by atoms with E-state index in [0.717, 1.165) is 31.2 Å². The van der Waals surface area contributed by atoms with Crippen LogP contribution >= 0.6 is 0 Å². The molecule has 0 bridgehead atoms. The first-order valence-electron chi connectivity index (χ1n) is 10.4. The Morgan fingerprint density at radius 1 is 0.821 bits per heavy atom. The van der Waals surface area contributed by atoms with Gasteiger partial charge in [0.1, 0.15) is 5.69 Å². The maximum Gasteiger partial charge on any atom is 0.202 e. The Bertz CT molecular complexity index is 741. The highest BCUT2D eigenvalue weighted by atomic mass is 19.2. The summed E-state index contributed by atoms with van der Waals surface area (Å²) in [5.41, 5.74) is 2.12. The smallest absolute Gasteiger partial charge is 0.202 e. The predicted octanol–water partition coefficient (Wildman–Crippen LogP) is 7.41. The molecular formula is C24H31F2NO. The SMILES string of the molecule is CCCCCCc1ccc(/C=N/c2ccc(OCCCCC)c(F)c2F)cc1. The molecule has 2 nitrogen and oxygen atoms in total. The zero-order valence-electron chi connectivity index (χ0n) is 17.0. The monoisotopic (exact) mass is 387 g/mol. The van der Waals surface area contributed by atoms with Crippen molar-refractivity contribution in [3.05, 3.63) is 59.2 Å². The summed E-state index contributed by atoms with van der Waals surface area (Å²) in [5.74, 6) is -2.01. The lowest BCUT2D eigenvalue weighted by atomic mass is 10.0. The van der Waals surface area contributed by atoms with Gasteiger partial charge in [0, 0.05) is 6.21 Å². The van der Waals surface area contributed by atoms with Crippen LogP contribution in [0.2, 0.25) is 0 Å². The van der Waals surface area contributed by atoms with Crippen molar-refractivity contribution in [2.24, 2.45) is 4.99 Å². The standard InChI is InChI=1S/C24H31F2NO/c1-3-5-7-8-10-19-11-13-20(14-12-19)18-27-21-15-16-22(24(26)23(21)25)28-17-9-6-4-2/h11-16,18H,3-10,17H2,1-2H3/b27-18+. The van der Waals surface area contributed by atoms with Crippen molar-refractivity contribution in [2.75, 3.05) is 6.61 Å². The Labute approximate surface area is 167 Å². The molecule has 2 aromatic carbocycles. The molecule has 0 unspecified atom stereocenters. The first-order valence-corrected chi connectivity index (χ1v) is 10.4. The molecule has 4 heteroatoms. The van der Waals surface area contributed by atoms with E-state index in [-0.39, 0.29) is 11.4 Å². The first-order chi connectivity index (χ1) is 13.7. The summed E-state index contributed by atoms with van der Waals surface area (Å²) < 4.78 is 33.7. The van der Waals surface area contributed by atoms with Crippen molar-refractivity contribution < 1.29 is 13.5 Å². The third-order valence-corrected chi connectivity index (χ3v) is 4.68. The maximum absolute atomic E-state index is 14.2. The molecular weight excluding hydrogens is 356 g/mol. The number of aliphatic imine (C=N–C) groups is 1. The molecule has 0 atom stereocenters. The lowest BCUT2D eigenvalue weighted by Crippen LogP contribution is -2.00. The number of halogens is 2. The molecule has 0 N–H and O–H groups in total. The minimum Gasteiger partial charge on any atom is -0.490 e. The molecule has 0 amide bonds. The summed E-state index contributed by atoms with van der Waals surface area (Å²) in [5, 5.41) is 0. The van der Waals surface area contributed by atoms with Crippen LogP contribution in [-0.2, 0) is 6.42 Å². The summed E-state index contributed by atoms with van der Waals surface area (Å²) in [6.07, 6.45) is 10.5. The van der Waals surface area contributed by atoms with Crippen LogP contribution in [-0.4, -0.2) is 12.8 Å². The number of aryl methyl sites for hydroxylation is 1. The van der Waals surface area contributed by atoms with Gasteiger partial charge in [0.25, 0.3) is 0 Å². The summed E-state index contributed by atoms with van der Waals surface area (Å²) in [6.45, 7) is 4.67. The quantitative estimate of drug-likeness (QED) is 0.274. The van der Waals surface area contributed by atoms with Crippen LogP contribution in [0.15, 0.2) is 41.4 Å². The number of hydrogen-bond donors (Lipinski definition) is 0. The van der Waals surface area contributed by atoms with Crippen molar-refractivity contribution in [3.63, 3.8) is 0 Å². The number of unbranched alkanes of at least 4 members (excludes halogenated alkanes) is 5. The number of nitrogens with zero attached hydrogens (tertiary/aromatic N) is 1. The largest absolute Gasteiger partial charge is 0.490 e. The van der Waals surface area contributed by atoms with Gasteiger partial charge in [-0.25, -0.2) is 4.39 Å². The van der Waals surface area contributed by atoms with Gasteiger partial charge in [0.2, 0.25) is 5.82 Å². The van der Waals surface area contributed by atoms with Gasteiger partial charge in [-0.15, -0.1) is 0 Å². The average molecular weight is 388 g/mol. The number of hydrogen-bond acceptors (Lipinski definition) is 2. The van der Waals surface area contributed by atoms with E-state index in [1.54, 1.807) is 6.21 Å². The number of ether oxygens (including phenoxy) is 1. The van der Waals surface area contributed by atoms with Crippen LogP contribution in [0.1, 0.15) is 69.9 Å². The van der Waals surface area contributed by atoms with Gasteiger partial charge in [-0.05, 0) is 42.5 Å². The fourth-order valence-electron chi connectivity index (χ4n) is 2.94. The molecule has 0 aromatic heterocycles. The first kappa shape index (κ1) is 22.1. The van der Waals surface area contributed by atoms with Crippen molar-refractivity contribution in [1.82, 2.24) is 0 Å². The van der Waals surface area contributed by atoms with Crippen molar-refractivity contribution in [2.45, 2.75) is 65.2 Å². The molecule has 152 valence electrons. The molecule has 28 heavy (non-hydrogen) atoms. The van der Waals surface area contributed by atoms with E-state index in [2.05, 4.69) is 31.0 Å². The molecule has 0 heterocycles. The van der Waals surface area contributed by atoms with Crippen LogP contribution in [0.5, 0.6) is 5.75 Å². The molecule has 0 saturated heterocycles. The van der Waals surface area contributed by atoms with Gasteiger partial charge in [-0.2, -0.15) is 4.39 Å². The van der Waals surface area contributed by atoms with E-state index in [0.29, 0.717) is 6.61 Å². The van der Waals surface area contributed by atoms with Crippen LogP contribution in [0.4, 0.5) is 14.5 Å². The Morgan fingerprint density at radius 2 is 1.54 bits per heavy atom. The summed E-state index contributed by atoms with van der Waals surface area (Å²) >= 11 is 0. The van der Waals surface area contributed by atoms with E-state index >= 15 is 0 Å². The molecule has 0 saturated carbocycles. The van der Waals surface area contributed by atoms with Crippen LogP contribution in [0.25, 0.3) is 0 Å². The third-order valence-electron chi connectivity index (χ3n) is 4.68. The summed E-state index contributed by atoms with van der Waals surface area (Å²) in [6, 6.07) is 10.9. The van der Waals surface area contributed by atoms with E-state index in [4.69, 9.17) is 4.74 Å². The highest BCUT2D eigenvalue weighted by Crippen LogP contribution is 2.28. The molecule has 0 aliphatic heterocycles. The van der Waals surface area contributed by atoms with Crippen LogP contribution in [0, 0.1) is 11.6 Å². The number of benzene rings is 2. The lowest BCUT2D eigenvalue weighted by molar-refractivity contribution is 0.286. The average Bonchev–Trinajstić information content (AvgIpc) is 2.72. The molecule has 0 aliphatic carbocycles. The molecule has 0 radical (unpaired) electrons. The molecule has 0 fully saturated rings. The van der Waals surface area contributed by atoms with Gasteiger partial charge in [0.15, 0.2) is 11.6 Å². The fraction of sp³-hybridized carbons (Fsp3) is 0.458. The summed E-state index contributed by atoms with van der Waals surface area (Å²) in [4.78, 5) is 4.11. The van der Waals surface area contributed by atoms with E-state index < -0.39 is 11.6 Å². The molecule has 2 rings (SSSR count). The van der Waals surface area contributed by atoms with E-state index in [9.17, 15) is 8.78 Å². The Morgan fingerprint density at radius 3 is 2.25 bits per heavy atom. The zero-order valence-corrected chi connectivity index (χ0v) is 17.0. The molecule has 0 aliphatic rings. The maximum atomic E-state index is 14.2. The minimum absolute atomic E-state index is 0.0259. The van der Waals surface area contributed by atoms with E-state index in [1.807, 2.05) is 12.1 Å². The number of rotatable bonds is 12. The minimum atomic E-state index is -0.978. The van der Waals surface area contributed by atoms with Crippen LogP contribution in [0.3, 0.4) is 0 Å². The predicted molar refractivity (Wildman–Crippen MR) is 113 cm³/mol. The van der Waals surface area contributed by atoms with Gasteiger partial charge in [-0.3, -0.25) is 4.99 Å². The zero-order chi connectivity index (χ0) is 20.2. The molecule has 2 aromatic rings. The second kappa shape index (κ2) is 12.3. The van der Waals surface area contributed by atoms with Crippen molar-refractivity contribution >= 4 is 11.9 Å². The Balaban J connectivity index is 1.95. The third kappa shape index (κ3) is 7.06.